The minimum atomic E-state index is 0.548. The van der Waals surface area contributed by atoms with Gasteiger partial charge in [-0.2, -0.15) is 0 Å². The molecule has 2 aromatic carbocycles. The van der Waals surface area contributed by atoms with Crippen molar-refractivity contribution in [1.29, 1.82) is 0 Å². The molecule has 0 radical (unpaired) electrons. The fourth-order valence-electron chi connectivity index (χ4n) is 2.31. The van der Waals surface area contributed by atoms with E-state index in [1.54, 1.807) is 23.1 Å². The number of fused-ring (bicyclic) bond motifs is 2. The third kappa shape index (κ3) is 2.76. The van der Waals surface area contributed by atoms with Crippen LogP contribution < -0.4 is 9.47 Å². The first-order valence-corrected chi connectivity index (χ1v) is 9.04. The van der Waals surface area contributed by atoms with Crippen molar-refractivity contribution in [1.82, 2.24) is 4.98 Å². The minimum Gasteiger partial charge on any atom is -0.486 e. The van der Waals surface area contributed by atoms with Gasteiger partial charge in [-0.15, -0.1) is 11.3 Å². The summed E-state index contributed by atoms with van der Waals surface area (Å²) in [6.45, 7) is 1.12. The Labute approximate surface area is 141 Å². The van der Waals surface area contributed by atoms with Crippen molar-refractivity contribution in [3.63, 3.8) is 0 Å². The van der Waals surface area contributed by atoms with E-state index in [4.69, 9.17) is 21.1 Å². The van der Waals surface area contributed by atoms with Crippen LogP contribution in [0.2, 0.25) is 5.02 Å². The Morgan fingerprint density at radius 2 is 2.05 bits per heavy atom. The maximum atomic E-state index is 6.27. The van der Waals surface area contributed by atoms with Crippen LogP contribution in [-0.4, -0.2) is 18.2 Å². The number of benzene rings is 2. The molecule has 22 heavy (non-hydrogen) atoms. The standard InChI is InChI=1S/C16H12ClNO2S2/c17-11-7-10(8-13-15(11)20-6-5-19-13)9-21-16-18-12-3-1-2-4-14(12)22-16/h1-4,7-8H,5-6,9H2. The Balaban J connectivity index is 1.55. The van der Waals surface area contributed by atoms with Gasteiger partial charge in [-0.1, -0.05) is 35.5 Å². The van der Waals surface area contributed by atoms with Crippen LogP contribution in [0.5, 0.6) is 11.5 Å². The van der Waals surface area contributed by atoms with E-state index >= 15 is 0 Å². The Kier molecular flexibility index (Phi) is 3.86. The molecule has 1 aliphatic heterocycles. The Morgan fingerprint density at radius 1 is 1.18 bits per heavy atom. The summed E-state index contributed by atoms with van der Waals surface area (Å²) in [5.74, 6) is 2.19. The number of hydrogen-bond donors (Lipinski definition) is 0. The van der Waals surface area contributed by atoms with Crippen molar-refractivity contribution in [2.45, 2.75) is 10.1 Å². The molecule has 0 atom stereocenters. The van der Waals surface area contributed by atoms with Crippen LogP contribution >= 0.6 is 34.7 Å². The second kappa shape index (κ2) is 5.99. The number of hydrogen-bond acceptors (Lipinski definition) is 5. The SMILES string of the molecule is Clc1cc(CSc2nc3ccccc3s2)cc2c1OCCO2. The summed E-state index contributed by atoms with van der Waals surface area (Å²) in [7, 11) is 0. The van der Waals surface area contributed by atoms with Gasteiger partial charge in [0.05, 0.1) is 15.2 Å². The quantitative estimate of drug-likeness (QED) is 0.622. The average Bonchev–Trinajstić information content (AvgIpc) is 2.96. The summed E-state index contributed by atoms with van der Waals surface area (Å²) in [5.41, 5.74) is 2.16. The third-order valence-electron chi connectivity index (χ3n) is 3.29. The molecule has 4 rings (SSSR count). The van der Waals surface area contributed by atoms with Crippen molar-refractivity contribution in [2.24, 2.45) is 0 Å². The Morgan fingerprint density at radius 3 is 2.95 bits per heavy atom. The predicted octanol–water partition coefficient (Wildman–Crippen LogP) is 5.01. The normalized spacial score (nSPS) is 13.5. The maximum Gasteiger partial charge on any atom is 0.179 e. The smallest absolute Gasteiger partial charge is 0.179 e. The Bertz CT molecular complexity index is 801. The largest absolute Gasteiger partial charge is 0.486 e. The number of thiazole rings is 1. The average molecular weight is 350 g/mol. The van der Waals surface area contributed by atoms with E-state index in [2.05, 4.69) is 11.1 Å². The molecule has 0 aliphatic carbocycles. The summed E-state index contributed by atoms with van der Waals surface area (Å²) in [5, 5.41) is 0.608. The Hall–Kier alpha value is -1.43. The van der Waals surface area contributed by atoms with Crippen LogP contribution in [0, 0.1) is 0 Å². The molecule has 3 nitrogen and oxygen atoms in total. The fourth-order valence-corrected chi connectivity index (χ4v) is 4.59. The first-order chi connectivity index (χ1) is 10.8. The second-order valence-corrected chi connectivity index (χ2v) is 7.50. The highest BCUT2D eigenvalue weighted by molar-refractivity contribution is 8.00. The number of aromatic nitrogens is 1. The summed E-state index contributed by atoms with van der Waals surface area (Å²) < 4.78 is 13.4. The molecule has 0 spiro atoms. The monoisotopic (exact) mass is 349 g/mol. The molecule has 0 bridgehead atoms. The van der Waals surface area contributed by atoms with Gasteiger partial charge >= 0.3 is 0 Å². The lowest BCUT2D eigenvalue weighted by molar-refractivity contribution is 0.171. The lowest BCUT2D eigenvalue weighted by atomic mass is 10.2. The molecule has 112 valence electrons. The van der Waals surface area contributed by atoms with Gasteiger partial charge in [-0.3, -0.25) is 0 Å². The molecule has 1 aromatic heterocycles. The highest BCUT2D eigenvalue weighted by atomic mass is 35.5. The number of rotatable bonds is 3. The molecular weight excluding hydrogens is 338 g/mol. The van der Waals surface area contributed by atoms with Gasteiger partial charge in [0, 0.05) is 5.75 Å². The van der Waals surface area contributed by atoms with E-state index in [-0.39, 0.29) is 0 Å². The van der Waals surface area contributed by atoms with E-state index in [0.717, 1.165) is 26.9 Å². The van der Waals surface area contributed by atoms with Crippen LogP contribution in [-0.2, 0) is 5.75 Å². The van der Waals surface area contributed by atoms with Gasteiger partial charge in [-0.05, 0) is 29.8 Å². The van der Waals surface area contributed by atoms with Crippen LogP contribution in [0.15, 0.2) is 40.7 Å². The first-order valence-electron chi connectivity index (χ1n) is 6.86. The molecular formula is C16H12ClNO2S2. The van der Waals surface area contributed by atoms with Crippen molar-refractivity contribution in [3.8, 4) is 11.5 Å². The molecule has 0 amide bonds. The summed E-state index contributed by atoms with van der Waals surface area (Å²) >= 11 is 9.69. The summed E-state index contributed by atoms with van der Waals surface area (Å²) in [4.78, 5) is 4.63. The van der Waals surface area contributed by atoms with Crippen molar-refractivity contribution in [3.05, 3.63) is 47.0 Å². The number of ether oxygens (including phenoxy) is 2. The van der Waals surface area contributed by atoms with Gasteiger partial charge in [0.2, 0.25) is 0 Å². The molecule has 0 N–H and O–H groups in total. The lowest BCUT2D eigenvalue weighted by Crippen LogP contribution is -2.15. The summed E-state index contributed by atoms with van der Waals surface area (Å²) in [6.07, 6.45) is 0. The highest BCUT2D eigenvalue weighted by Crippen LogP contribution is 2.40. The molecule has 0 saturated carbocycles. The van der Waals surface area contributed by atoms with Crippen LogP contribution in [0.25, 0.3) is 10.2 Å². The van der Waals surface area contributed by atoms with Gasteiger partial charge in [0.25, 0.3) is 0 Å². The molecule has 0 unspecified atom stereocenters. The zero-order chi connectivity index (χ0) is 14.9. The first kappa shape index (κ1) is 14.2. The van der Waals surface area contributed by atoms with E-state index in [9.17, 15) is 0 Å². The van der Waals surface area contributed by atoms with Crippen LogP contribution in [0.1, 0.15) is 5.56 Å². The molecule has 0 fully saturated rings. The van der Waals surface area contributed by atoms with E-state index < -0.39 is 0 Å². The predicted molar refractivity (Wildman–Crippen MR) is 91.6 cm³/mol. The fraction of sp³-hybridized carbons (Fsp3) is 0.188. The number of thioether (sulfide) groups is 1. The van der Waals surface area contributed by atoms with Gasteiger partial charge in [-0.25, -0.2) is 4.98 Å². The molecule has 6 heteroatoms. The molecule has 0 saturated heterocycles. The molecule has 3 aromatic rings. The molecule has 1 aliphatic rings. The third-order valence-corrected chi connectivity index (χ3v) is 5.82. The van der Waals surface area contributed by atoms with Crippen LogP contribution in [0.3, 0.4) is 0 Å². The number of halogens is 1. The highest BCUT2D eigenvalue weighted by Gasteiger charge is 2.17. The van der Waals surface area contributed by atoms with Crippen molar-refractivity contribution in [2.75, 3.05) is 13.2 Å². The van der Waals surface area contributed by atoms with Gasteiger partial charge in [0.1, 0.15) is 13.2 Å². The zero-order valence-corrected chi connectivity index (χ0v) is 13.9. The topological polar surface area (TPSA) is 31.4 Å². The second-order valence-electron chi connectivity index (χ2n) is 4.84. The van der Waals surface area contributed by atoms with E-state index in [1.165, 1.54) is 4.70 Å². The van der Waals surface area contributed by atoms with Gasteiger partial charge in [0.15, 0.2) is 15.8 Å². The lowest BCUT2D eigenvalue weighted by Gasteiger charge is -2.20. The minimum absolute atomic E-state index is 0.548. The van der Waals surface area contributed by atoms with Crippen molar-refractivity contribution >= 4 is 44.9 Å². The number of nitrogens with zero attached hydrogens (tertiary/aromatic N) is 1. The summed E-state index contributed by atoms with van der Waals surface area (Å²) in [6, 6.07) is 12.1. The van der Waals surface area contributed by atoms with Crippen molar-refractivity contribution < 1.29 is 9.47 Å². The van der Waals surface area contributed by atoms with Gasteiger partial charge < -0.3 is 9.47 Å². The zero-order valence-electron chi connectivity index (χ0n) is 11.5. The maximum absolute atomic E-state index is 6.27. The van der Waals surface area contributed by atoms with E-state index in [1.807, 2.05) is 30.3 Å². The van der Waals surface area contributed by atoms with E-state index in [0.29, 0.717) is 24.0 Å². The molecule has 2 heterocycles. The number of para-hydroxylation sites is 1. The van der Waals surface area contributed by atoms with Crippen LogP contribution in [0.4, 0.5) is 0 Å².